The predicted molar refractivity (Wildman–Crippen MR) is 72.5 cm³/mol. The number of rotatable bonds is 7. The number of ether oxygens (including phenoxy) is 2. The number of aliphatic hydroxyl groups is 1. The number of nitrogens with two attached hydrogens (primary N) is 1. The summed E-state index contributed by atoms with van der Waals surface area (Å²) in [6.07, 6.45) is 3.87. The summed E-state index contributed by atoms with van der Waals surface area (Å²) in [6.45, 7) is 8.39. The van der Waals surface area contributed by atoms with Gasteiger partial charge in [0.15, 0.2) is 0 Å². The number of hydrogen-bond acceptors (Lipinski definition) is 4. The van der Waals surface area contributed by atoms with Gasteiger partial charge >= 0.3 is 0 Å². The molecule has 1 fully saturated rings. The van der Waals surface area contributed by atoms with Crippen LogP contribution in [0.3, 0.4) is 0 Å². The van der Waals surface area contributed by atoms with E-state index in [0.717, 1.165) is 25.7 Å². The first-order valence-electron chi connectivity index (χ1n) is 7.01. The molecule has 1 aliphatic rings. The molecule has 0 aliphatic heterocycles. The second-order valence-electron chi connectivity index (χ2n) is 6.26. The van der Waals surface area contributed by atoms with Crippen LogP contribution >= 0.6 is 0 Å². The molecule has 1 saturated carbocycles. The highest BCUT2D eigenvalue weighted by Crippen LogP contribution is 2.36. The van der Waals surface area contributed by atoms with Gasteiger partial charge in [0, 0.05) is 13.2 Å². The summed E-state index contributed by atoms with van der Waals surface area (Å²) in [5.74, 6) is 0.297. The number of hydrogen-bond donors (Lipinski definition) is 2. The van der Waals surface area contributed by atoms with Crippen molar-refractivity contribution in [2.75, 3.05) is 26.4 Å². The molecule has 108 valence electrons. The summed E-state index contributed by atoms with van der Waals surface area (Å²) in [5, 5.41) is 10.3. The Bertz CT molecular complexity index is 240. The summed E-state index contributed by atoms with van der Waals surface area (Å²) in [6, 6.07) is 0. The molecule has 1 aliphatic carbocycles. The minimum atomic E-state index is -0.648. The van der Waals surface area contributed by atoms with Gasteiger partial charge in [-0.2, -0.15) is 0 Å². The predicted octanol–water partition coefficient (Wildman–Crippen LogP) is 1.70. The molecule has 0 saturated heterocycles. The van der Waals surface area contributed by atoms with Gasteiger partial charge in [0.05, 0.1) is 24.4 Å². The molecule has 0 aromatic heterocycles. The second-order valence-corrected chi connectivity index (χ2v) is 6.26. The minimum absolute atomic E-state index is 0.103. The molecule has 4 nitrogen and oxygen atoms in total. The molecule has 4 heteroatoms. The average molecular weight is 259 g/mol. The zero-order chi connectivity index (χ0) is 13.6. The van der Waals surface area contributed by atoms with Gasteiger partial charge in [0.25, 0.3) is 0 Å². The lowest BCUT2D eigenvalue weighted by Gasteiger charge is -2.28. The SMILES string of the molecule is CC(C)(C)OCCOCCC1CCCC1(O)CN. The van der Waals surface area contributed by atoms with Crippen LogP contribution in [0.5, 0.6) is 0 Å². The van der Waals surface area contributed by atoms with E-state index in [2.05, 4.69) is 0 Å². The van der Waals surface area contributed by atoms with Crippen LogP contribution in [0.4, 0.5) is 0 Å². The Kier molecular flexibility index (Phi) is 6.05. The Morgan fingerprint density at radius 3 is 2.61 bits per heavy atom. The molecule has 0 bridgehead atoms. The van der Waals surface area contributed by atoms with E-state index in [1.54, 1.807) is 0 Å². The molecule has 0 heterocycles. The molecule has 2 atom stereocenters. The first kappa shape index (κ1) is 15.9. The lowest BCUT2D eigenvalue weighted by molar-refractivity contribution is -0.0425. The first-order chi connectivity index (χ1) is 8.37. The largest absolute Gasteiger partial charge is 0.388 e. The molecular weight excluding hydrogens is 230 g/mol. The van der Waals surface area contributed by atoms with Crippen LogP contribution in [-0.2, 0) is 9.47 Å². The second kappa shape index (κ2) is 6.85. The van der Waals surface area contributed by atoms with E-state index in [1.165, 1.54) is 0 Å². The molecule has 2 unspecified atom stereocenters. The van der Waals surface area contributed by atoms with Gasteiger partial charge < -0.3 is 20.3 Å². The molecule has 0 aromatic rings. The summed E-state index contributed by atoms with van der Waals surface area (Å²) >= 11 is 0. The van der Waals surface area contributed by atoms with Crippen molar-refractivity contribution < 1.29 is 14.6 Å². The Morgan fingerprint density at radius 1 is 1.28 bits per heavy atom. The van der Waals surface area contributed by atoms with Gasteiger partial charge in [-0.3, -0.25) is 0 Å². The molecule has 0 aromatic carbocycles. The smallest absolute Gasteiger partial charge is 0.0798 e. The normalized spacial score (nSPS) is 28.8. The van der Waals surface area contributed by atoms with E-state index in [9.17, 15) is 5.11 Å². The van der Waals surface area contributed by atoms with E-state index in [0.29, 0.717) is 32.3 Å². The third-order valence-corrected chi connectivity index (χ3v) is 3.65. The minimum Gasteiger partial charge on any atom is -0.388 e. The van der Waals surface area contributed by atoms with Gasteiger partial charge in [-0.05, 0) is 46.0 Å². The summed E-state index contributed by atoms with van der Waals surface area (Å²) in [5.41, 5.74) is 4.90. The van der Waals surface area contributed by atoms with Crippen LogP contribution in [0.25, 0.3) is 0 Å². The van der Waals surface area contributed by atoms with Crippen molar-refractivity contribution in [3.8, 4) is 0 Å². The van der Waals surface area contributed by atoms with Gasteiger partial charge in [0.1, 0.15) is 0 Å². The fraction of sp³-hybridized carbons (Fsp3) is 1.00. The highest BCUT2D eigenvalue weighted by molar-refractivity contribution is 4.92. The molecule has 0 radical (unpaired) electrons. The molecular formula is C14H29NO3. The highest BCUT2D eigenvalue weighted by atomic mass is 16.5. The van der Waals surface area contributed by atoms with Crippen molar-refractivity contribution in [1.29, 1.82) is 0 Å². The molecule has 3 N–H and O–H groups in total. The summed E-state index contributed by atoms with van der Waals surface area (Å²) in [7, 11) is 0. The van der Waals surface area contributed by atoms with Crippen LogP contribution in [0.2, 0.25) is 0 Å². The van der Waals surface area contributed by atoms with Crippen molar-refractivity contribution in [2.24, 2.45) is 11.7 Å². The van der Waals surface area contributed by atoms with Crippen LogP contribution in [0.15, 0.2) is 0 Å². The van der Waals surface area contributed by atoms with Crippen LogP contribution in [-0.4, -0.2) is 42.7 Å². The van der Waals surface area contributed by atoms with Crippen LogP contribution < -0.4 is 5.73 Å². The van der Waals surface area contributed by atoms with Crippen molar-refractivity contribution in [3.05, 3.63) is 0 Å². The van der Waals surface area contributed by atoms with E-state index in [-0.39, 0.29) is 5.60 Å². The van der Waals surface area contributed by atoms with Gasteiger partial charge in [-0.25, -0.2) is 0 Å². The zero-order valence-corrected chi connectivity index (χ0v) is 12.1. The molecule has 0 amide bonds. The third kappa shape index (κ3) is 5.22. The van der Waals surface area contributed by atoms with E-state index in [4.69, 9.17) is 15.2 Å². The molecule has 1 rings (SSSR count). The standard InChI is InChI=1S/C14H29NO3/c1-13(2,3)18-10-9-17-8-6-12-5-4-7-14(12,16)11-15/h12,16H,4-11,15H2,1-3H3. The van der Waals surface area contributed by atoms with Crippen LogP contribution in [0.1, 0.15) is 46.5 Å². The van der Waals surface area contributed by atoms with E-state index in [1.807, 2.05) is 20.8 Å². The molecule has 18 heavy (non-hydrogen) atoms. The lowest BCUT2D eigenvalue weighted by Crippen LogP contribution is -2.41. The monoisotopic (exact) mass is 259 g/mol. The average Bonchev–Trinajstić information content (AvgIpc) is 2.65. The van der Waals surface area contributed by atoms with Crippen LogP contribution in [0, 0.1) is 5.92 Å². The van der Waals surface area contributed by atoms with E-state index < -0.39 is 5.60 Å². The van der Waals surface area contributed by atoms with Gasteiger partial charge in [-0.15, -0.1) is 0 Å². The topological polar surface area (TPSA) is 64.7 Å². The maximum atomic E-state index is 10.3. The third-order valence-electron chi connectivity index (χ3n) is 3.65. The Morgan fingerprint density at radius 2 is 2.00 bits per heavy atom. The lowest BCUT2D eigenvalue weighted by atomic mass is 9.88. The van der Waals surface area contributed by atoms with Gasteiger partial charge in [0.2, 0.25) is 0 Å². The maximum Gasteiger partial charge on any atom is 0.0798 e. The first-order valence-corrected chi connectivity index (χ1v) is 7.01. The van der Waals surface area contributed by atoms with Crippen molar-refractivity contribution in [2.45, 2.75) is 57.7 Å². The Hall–Kier alpha value is -0.160. The summed E-state index contributed by atoms with van der Waals surface area (Å²) in [4.78, 5) is 0. The van der Waals surface area contributed by atoms with Gasteiger partial charge in [-0.1, -0.05) is 6.42 Å². The van der Waals surface area contributed by atoms with Crippen molar-refractivity contribution >= 4 is 0 Å². The zero-order valence-electron chi connectivity index (χ0n) is 12.1. The van der Waals surface area contributed by atoms with E-state index >= 15 is 0 Å². The maximum absolute atomic E-state index is 10.3. The highest BCUT2D eigenvalue weighted by Gasteiger charge is 2.39. The fourth-order valence-electron chi connectivity index (χ4n) is 2.54. The van der Waals surface area contributed by atoms with Crippen molar-refractivity contribution in [3.63, 3.8) is 0 Å². The Balaban J connectivity index is 2.08. The summed E-state index contributed by atoms with van der Waals surface area (Å²) < 4.78 is 11.1. The fourth-order valence-corrected chi connectivity index (χ4v) is 2.54. The quantitative estimate of drug-likeness (QED) is 0.683. The Labute approximate surface area is 111 Å². The molecule has 0 spiro atoms. The van der Waals surface area contributed by atoms with Crippen molar-refractivity contribution in [1.82, 2.24) is 0 Å².